The number of hydrogen-bond acceptors (Lipinski definition) is 2. The van der Waals surface area contributed by atoms with Crippen LogP contribution in [0.2, 0.25) is 5.02 Å². The molecule has 3 nitrogen and oxygen atoms in total. The van der Waals surface area contributed by atoms with Gasteiger partial charge in [-0.15, -0.1) is 0 Å². The Kier molecular flexibility index (Phi) is 3.70. The van der Waals surface area contributed by atoms with E-state index in [4.69, 9.17) is 16.3 Å². The zero-order valence-corrected chi connectivity index (χ0v) is 11.5. The molecule has 0 amide bonds. The molecule has 0 radical (unpaired) electrons. The summed E-state index contributed by atoms with van der Waals surface area (Å²) in [5, 5.41) is 0.699. The minimum absolute atomic E-state index is 0.699. The van der Waals surface area contributed by atoms with Crippen molar-refractivity contribution in [3.8, 4) is 11.5 Å². The van der Waals surface area contributed by atoms with Crippen LogP contribution in [-0.4, -0.2) is 9.97 Å². The molecule has 0 fully saturated rings. The molecule has 100 valence electrons. The van der Waals surface area contributed by atoms with Gasteiger partial charge >= 0.3 is 0 Å². The topological polar surface area (TPSA) is 37.9 Å². The summed E-state index contributed by atoms with van der Waals surface area (Å²) in [4.78, 5) is 7.11. The number of halogens is 1. The smallest absolute Gasteiger partial charge is 0.127 e. The molecular formula is C16H13ClN2O. The van der Waals surface area contributed by atoms with Gasteiger partial charge in [0.15, 0.2) is 0 Å². The molecule has 0 unspecified atom stereocenters. The minimum atomic E-state index is 0.699. The lowest BCUT2D eigenvalue weighted by Gasteiger charge is -2.07. The van der Waals surface area contributed by atoms with Crippen molar-refractivity contribution in [3.05, 3.63) is 77.3 Å². The Morgan fingerprint density at radius 2 is 1.90 bits per heavy atom. The number of H-pyrrole nitrogens is 1. The Bertz CT molecular complexity index is 678. The molecule has 20 heavy (non-hydrogen) atoms. The van der Waals surface area contributed by atoms with E-state index in [1.165, 1.54) is 5.56 Å². The van der Waals surface area contributed by atoms with E-state index in [0.717, 1.165) is 23.6 Å². The number of benzene rings is 2. The van der Waals surface area contributed by atoms with Crippen LogP contribution in [0, 0.1) is 0 Å². The monoisotopic (exact) mass is 284 g/mol. The highest BCUT2D eigenvalue weighted by Gasteiger charge is 2.01. The Balaban J connectivity index is 1.75. The van der Waals surface area contributed by atoms with Gasteiger partial charge in [0.2, 0.25) is 0 Å². The van der Waals surface area contributed by atoms with Crippen LogP contribution in [0.4, 0.5) is 0 Å². The van der Waals surface area contributed by atoms with Gasteiger partial charge in [-0.2, -0.15) is 0 Å². The maximum absolute atomic E-state index is 5.85. The molecule has 0 aliphatic rings. The molecule has 4 heteroatoms. The third-order valence-electron chi connectivity index (χ3n) is 2.90. The number of aromatic amines is 1. The lowest BCUT2D eigenvalue weighted by molar-refractivity contribution is 0.482. The number of rotatable bonds is 4. The van der Waals surface area contributed by atoms with Crippen LogP contribution < -0.4 is 4.74 Å². The van der Waals surface area contributed by atoms with Gasteiger partial charge in [-0.25, -0.2) is 4.98 Å². The van der Waals surface area contributed by atoms with Crippen LogP contribution in [0.3, 0.4) is 0 Å². The van der Waals surface area contributed by atoms with Crippen molar-refractivity contribution >= 4 is 11.6 Å². The summed E-state index contributed by atoms with van der Waals surface area (Å²) in [7, 11) is 0. The fraction of sp³-hybridized carbons (Fsp3) is 0.0625. The molecule has 1 N–H and O–H groups in total. The van der Waals surface area contributed by atoms with Gasteiger partial charge in [0.1, 0.15) is 11.5 Å². The van der Waals surface area contributed by atoms with Crippen LogP contribution in [0.1, 0.15) is 11.3 Å². The Labute approximate surface area is 122 Å². The summed E-state index contributed by atoms with van der Waals surface area (Å²) in [6.07, 6.45) is 4.31. The highest BCUT2D eigenvalue weighted by Crippen LogP contribution is 2.24. The van der Waals surface area contributed by atoms with Crippen molar-refractivity contribution in [2.24, 2.45) is 0 Å². The van der Waals surface area contributed by atoms with Crippen LogP contribution in [0.15, 0.2) is 61.1 Å². The average molecular weight is 285 g/mol. The van der Waals surface area contributed by atoms with E-state index in [0.29, 0.717) is 5.02 Å². The Morgan fingerprint density at radius 1 is 1.05 bits per heavy atom. The summed E-state index contributed by atoms with van der Waals surface area (Å²) < 4.78 is 5.81. The van der Waals surface area contributed by atoms with Gasteiger partial charge in [0, 0.05) is 23.3 Å². The van der Waals surface area contributed by atoms with Crippen LogP contribution in [0.5, 0.6) is 11.5 Å². The van der Waals surface area contributed by atoms with Crippen LogP contribution in [0.25, 0.3) is 0 Å². The summed E-state index contributed by atoms with van der Waals surface area (Å²) in [5.41, 5.74) is 2.24. The van der Waals surface area contributed by atoms with E-state index < -0.39 is 0 Å². The SMILES string of the molecule is Clc1ccc(Oc2cccc(Cc3cnc[nH]3)c2)cc1. The lowest BCUT2D eigenvalue weighted by Crippen LogP contribution is -1.90. The molecule has 2 aromatic carbocycles. The average Bonchev–Trinajstić information content (AvgIpc) is 2.95. The number of ether oxygens (including phenoxy) is 1. The maximum atomic E-state index is 5.85. The van der Waals surface area contributed by atoms with E-state index in [1.54, 1.807) is 6.33 Å². The van der Waals surface area contributed by atoms with Crippen molar-refractivity contribution in [1.82, 2.24) is 9.97 Å². The van der Waals surface area contributed by atoms with Gasteiger partial charge in [0.05, 0.1) is 6.33 Å². The summed E-state index contributed by atoms with van der Waals surface area (Å²) in [6, 6.07) is 15.3. The highest BCUT2D eigenvalue weighted by molar-refractivity contribution is 6.30. The van der Waals surface area contributed by atoms with Crippen LogP contribution >= 0.6 is 11.6 Å². The van der Waals surface area contributed by atoms with Crippen molar-refractivity contribution < 1.29 is 4.74 Å². The first-order valence-electron chi connectivity index (χ1n) is 6.29. The molecule has 1 heterocycles. The van der Waals surface area contributed by atoms with E-state index in [2.05, 4.69) is 16.0 Å². The molecule has 1 aromatic heterocycles. The molecule has 0 saturated carbocycles. The van der Waals surface area contributed by atoms with Gasteiger partial charge in [-0.05, 0) is 42.0 Å². The van der Waals surface area contributed by atoms with Gasteiger partial charge in [0.25, 0.3) is 0 Å². The van der Waals surface area contributed by atoms with E-state index in [1.807, 2.05) is 48.7 Å². The molecule has 3 rings (SSSR count). The summed E-state index contributed by atoms with van der Waals surface area (Å²) >= 11 is 5.85. The van der Waals surface area contributed by atoms with Gasteiger partial charge < -0.3 is 9.72 Å². The second-order valence-corrected chi connectivity index (χ2v) is 4.89. The molecule has 0 aliphatic carbocycles. The zero-order valence-electron chi connectivity index (χ0n) is 10.7. The molecule has 0 saturated heterocycles. The Morgan fingerprint density at radius 3 is 2.65 bits per heavy atom. The predicted molar refractivity (Wildman–Crippen MR) is 79.4 cm³/mol. The number of imidazole rings is 1. The van der Waals surface area contributed by atoms with Crippen molar-refractivity contribution in [2.45, 2.75) is 6.42 Å². The number of nitrogens with zero attached hydrogens (tertiary/aromatic N) is 1. The molecular weight excluding hydrogens is 272 g/mol. The number of nitrogens with one attached hydrogen (secondary N) is 1. The first-order chi connectivity index (χ1) is 9.79. The van der Waals surface area contributed by atoms with Crippen LogP contribution in [-0.2, 0) is 6.42 Å². The van der Waals surface area contributed by atoms with E-state index in [-0.39, 0.29) is 0 Å². The molecule has 0 aliphatic heterocycles. The first kappa shape index (κ1) is 12.8. The third-order valence-corrected chi connectivity index (χ3v) is 3.15. The van der Waals surface area contributed by atoms with Crippen molar-refractivity contribution in [1.29, 1.82) is 0 Å². The van der Waals surface area contributed by atoms with Gasteiger partial charge in [-0.3, -0.25) is 0 Å². The molecule has 3 aromatic rings. The fourth-order valence-corrected chi connectivity index (χ4v) is 2.08. The second kappa shape index (κ2) is 5.80. The third kappa shape index (κ3) is 3.19. The standard InChI is InChI=1S/C16H13ClN2O/c17-13-4-6-15(7-5-13)20-16-3-1-2-12(9-16)8-14-10-18-11-19-14/h1-7,9-11H,8H2,(H,18,19). The summed E-state index contributed by atoms with van der Waals surface area (Å²) in [6.45, 7) is 0. The number of aromatic nitrogens is 2. The van der Waals surface area contributed by atoms with E-state index >= 15 is 0 Å². The molecule has 0 spiro atoms. The van der Waals surface area contributed by atoms with E-state index in [9.17, 15) is 0 Å². The molecule has 0 bridgehead atoms. The fourth-order valence-electron chi connectivity index (χ4n) is 1.96. The minimum Gasteiger partial charge on any atom is -0.457 e. The second-order valence-electron chi connectivity index (χ2n) is 4.46. The highest BCUT2D eigenvalue weighted by atomic mass is 35.5. The lowest BCUT2D eigenvalue weighted by atomic mass is 10.1. The maximum Gasteiger partial charge on any atom is 0.127 e. The largest absolute Gasteiger partial charge is 0.457 e. The van der Waals surface area contributed by atoms with Crippen molar-refractivity contribution in [2.75, 3.05) is 0 Å². The van der Waals surface area contributed by atoms with Crippen molar-refractivity contribution in [3.63, 3.8) is 0 Å². The number of hydrogen-bond donors (Lipinski definition) is 1. The summed E-state index contributed by atoms with van der Waals surface area (Å²) in [5.74, 6) is 1.58. The zero-order chi connectivity index (χ0) is 13.8. The molecule has 0 atom stereocenters. The Hall–Kier alpha value is -2.26. The quantitative estimate of drug-likeness (QED) is 0.769. The van der Waals surface area contributed by atoms with Gasteiger partial charge in [-0.1, -0.05) is 23.7 Å². The normalized spacial score (nSPS) is 10.4. The first-order valence-corrected chi connectivity index (χ1v) is 6.67. The predicted octanol–water partition coefficient (Wildman–Crippen LogP) is 4.45.